The Morgan fingerprint density at radius 1 is 1.35 bits per heavy atom. The molecule has 5 heteroatoms. The molecule has 0 saturated carbocycles. The number of hydrogen-bond donors (Lipinski definition) is 0. The quantitative estimate of drug-likeness (QED) is 0.804. The summed E-state index contributed by atoms with van der Waals surface area (Å²) < 4.78 is 19.4. The molecule has 0 saturated heterocycles. The molecule has 104 valence electrons. The molecule has 1 aromatic carbocycles. The molecule has 0 aliphatic rings. The van der Waals surface area contributed by atoms with Gasteiger partial charge in [0.1, 0.15) is 11.6 Å². The number of aromatic nitrogens is 1. The zero-order valence-electron chi connectivity index (χ0n) is 11.2. The summed E-state index contributed by atoms with van der Waals surface area (Å²) in [5.41, 5.74) is 0.593. The van der Waals surface area contributed by atoms with E-state index in [9.17, 15) is 14.0 Å². The first kappa shape index (κ1) is 14.0. The first-order valence-electron chi connectivity index (χ1n) is 6.05. The van der Waals surface area contributed by atoms with Gasteiger partial charge in [0.05, 0.1) is 19.2 Å². The molecule has 0 aliphatic heterocycles. The molecule has 2 aromatic rings. The highest BCUT2D eigenvalue weighted by Gasteiger charge is 2.14. The Kier molecular flexibility index (Phi) is 3.98. The van der Waals surface area contributed by atoms with Gasteiger partial charge in [-0.3, -0.25) is 9.59 Å². The summed E-state index contributed by atoms with van der Waals surface area (Å²) in [6.07, 6.45) is 1.54. The fraction of sp³-hybridized carbons (Fsp3) is 0.200. The zero-order chi connectivity index (χ0) is 14.7. The summed E-state index contributed by atoms with van der Waals surface area (Å²) in [5.74, 6) is -0.628. The first-order valence-corrected chi connectivity index (χ1v) is 6.05. The van der Waals surface area contributed by atoms with Crippen LogP contribution in [0.4, 0.5) is 4.39 Å². The fourth-order valence-electron chi connectivity index (χ4n) is 1.92. The van der Waals surface area contributed by atoms with Crippen LogP contribution in [0, 0.1) is 12.7 Å². The Balaban J connectivity index is 2.33. The lowest BCUT2D eigenvalue weighted by Crippen LogP contribution is -2.25. The van der Waals surface area contributed by atoms with Gasteiger partial charge in [-0.2, -0.15) is 0 Å². The van der Waals surface area contributed by atoms with Crippen LogP contribution >= 0.6 is 0 Å². The second kappa shape index (κ2) is 5.69. The van der Waals surface area contributed by atoms with Gasteiger partial charge in [0.25, 0.3) is 5.56 Å². The van der Waals surface area contributed by atoms with Crippen molar-refractivity contribution in [3.05, 3.63) is 63.8 Å². The van der Waals surface area contributed by atoms with E-state index in [0.29, 0.717) is 5.56 Å². The van der Waals surface area contributed by atoms with Gasteiger partial charge in [-0.25, -0.2) is 4.39 Å². The van der Waals surface area contributed by atoms with E-state index in [2.05, 4.69) is 0 Å². The summed E-state index contributed by atoms with van der Waals surface area (Å²) in [6, 6.07) is 7.08. The van der Waals surface area contributed by atoms with E-state index in [1.54, 1.807) is 25.3 Å². The number of ether oxygens (including phenoxy) is 1. The van der Waals surface area contributed by atoms with Gasteiger partial charge < -0.3 is 9.30 Å². The Morgan fingerprint density at radius 2 is 2.10 bits per heavy atom. The summed E-state index contributed by atoms with van der Waals surface area (Å²) in [6.45, 7) is 1.57. The number of ketones is 1. The molecule has 0 fully saturated rings. The highest BCUT2D eigenvalue weighted by molar-refractivity contribution is 5.98. The molecule has 0 atom stereocenters. The number of methoxy groups -OCH3 is 1. The standard InChI is InChI=1S/C15H14FNO3/c1-10-4-3-7-17(15(10)19)9-13(18)12-6-5-11(16)8-14(12)20-2/h3-8H,9H2,1-2H3. The molecule has 0 radical (unpaired) electrons. The third-order valence-corrected chi connectivity index (χ3v) is 2.99. The molecule has 20 heavy (non-hydrogen) atoms. The van der Waals surface area contributed by atoms with Crippen LogP contribution in [0.1, 0.15) is 15.9 Å². The second-order valence-corrected chi connectivity index (χ2v) is 4.39. The number of aryl methyl sites for hydroxylation is 1. The van der Waals surface area contributed by atoms with Crippen molar-refractivity contribution in [1.29, 1.82) is 0 Å². The number of hydrogen-bond acceptors (Lipinski definition) is 3. The van der Waals surface area contributed by atoms with Gasteiger partial charge in [0, 0.05) is 17.8 Å². The van der Waals surface area contributed by atoms with Gasteiger partial charge in [0.15, 0.2) is 5.78 Å². The Labute approximate surface area is 115 Å². The van der Waals surface area contributed by atoms with Crippen molar-refractivity contribution in [2.75, 3.05) is 7.11 Å². The minimum atomic E-state index is -0.480. The lowest BCUT2D eigenvalue weighted by molar-refractivity contribution is 0.0967. The van der Waals surface area contributed by atoms with E-state index in [0.717, 1.165) is 6.07 Å². The van der Waals surface area contributed by atoms with Crippen LogP contribution in [-0.2, 0) is 6.54 Å². The van der Waals surface area contributed by atoms with E-state index in [-0.39, 0.29) is 29.2 Å². The van der Waals surface area contributed by atoms with Crippen molar-refractivity contribution in [3.8, 4) is 5.75 Å². The molecule has 0 amide bonds. The average Bonchev–Trinajstić information content (AvgIpc) is 2.43. The van der Waals surface area contributed by atoms with Crippen molar-refractivity contribution in [3.63, 3.8) is 0 Å². The van der Waals surface area contributed by atoms with E-state index in [4.69, 9.17) is 4.74 Å². The largest absolute Gasteiger partial charge is 0.496 e. The van der Waals surface area contributed by atoms with Crippen molar-refractivity contribution in [1.82, 2.24) is 4.57 Å². The van der Waals surface area contributed by atoms with Crippen LogP contribution in [-0.4, -0.2) is 17.5 Å². The van der Waals surface area contributed by atoms with Gasteiger partial charge in [0.2, 0.25) is 0 Å². The second-order valence-electron chi connectivity index (χ2n) is 4.39. The number of benzene rings is 1. The topological polar surface area (TPSA) is 48.3 Å². The van der Waals surface area contributed by atoms with E-state index < -0.39 is 5.82 Å². The van der Waals surface area contributed by atoms with Gasteiger partial charge in [-0.1, -0.05) is 6.07 Å². The van der Waals surface area contributed by atoms with Gasteiger partial charge in [-0.15, -0.1) is 0 Å². The predicted octanol–water partition coefficient (Wildman–Crippen LogP) is 2.19. The molecule has 4 nitrogen and oxygen atoms in total. The SMILES string of the molecule is COc1cc(F)ccc1C(=O)Cn1cccc(C)c1=O. The van der Waals surface area contributed by atoms with Crippen molar-refractivity contribution < 1.29 is 13.9 Å². The summed E-state index contributed by atoms with van der Waals surface area (Å²) in [5, 5.41) is 0. The molecule has 0 unspecified atom stereocenters. The van der Waals surface area contributed by atoms with Crippen LogP contribution in [0.3, 0.4) is 0 Å². The average molecular weight is 275 g/mol. The normalized spacial score (nSPS) is 10.3. The smallest absolute Gasteiger partial charge is 0.253 e. The van der Waals surface area contributed by atoms with Gasteiger partial charge in [-0.05, 0) is 25.1 Å². The van der Waals surface area contributed by atoms with Crippen LogP contribution in [0.25, 0.3) is 0 Å². The lowest BCUT2D eigenvalue weighted by atomic mass is 10.1. The van der Waals surface area contributed by atoms with E-state index >= 15 is 0 Å². The molecular weight excluding hydrogens is 261 g/mol. The monoisotopic (exact) mass is 275 g/mol. The third kappa shape index (κ3) is 2.77. The maximum Gasteiger partial charge on any atom is 0.253 e. The van der Waals surface area contributed by atoms with Crippen LogP contribution < -0.4 is 10.3 Å². The third-order valence-electron chi connectivity index (χ3n) is 2.99. The van der Waals surface area contributed by atoms with Crippen LogP contribution in [0.15, 0.2) is 41.3 Å². The Bertz CT molecular complexity index is 707. The van der Waals surface area contributed by atoms with E-state index in [1.807, 2.05) is 0 Å². The highest BCUT2D eigenvalue weighted by Crippen LogP contribution is 2.20. The minimum absolute atomic E-state index is 0.109. The minimum Gasteiger partial charge on any atom is -0.496 e. The van der Waals surface area contributed by atoms with Crippen molar-refractivity contribution in [2.45, 2.75) is 13.5 Å². The number of halogens is 1. The molecule has 0 spiro atoms. The Hall–Kier alpha value is -2.43. The number of rotatable bonds is 4. The molecule has 0 bridgehead atoms. The zero-order valence-corrected chi connectivity index (χ0v) is 11.2. The Morgan fingerprint density at radius 3 is 2.80 bits per heavy atom. The molecule has 1 aromatic heterocycles. The van der Waals surface area contributed by atoms with Crippen molar-refractivity contribution in [2.24, 2.45) is 0 Å². The highest BCUT2D eigenvalue weighted by atomic mass is 19.1. The molecule has 0 N–H and O–H groups in total. The number of carbonyl (C=O) groups is 1. The van der Waals surface area contributed by atoms with Gasteiger partial charge >= 0.3 is 0 Å². The van der Waals surface area contributed by atoms with Crippen LogP contribution in [0.2, 0.25) is 0 Å². The molecule has 2 rings (SSSR count). The predicted molar refractivity (Wildman–Crippen MR) is 72.7 cm³/mol. The lowest BCUT2D eigenvalue weighted by Gasteiger charge is -2.09. The maximum atomic E-state index is 13.1. The fourth-order valence-corrected chi connectivity index (χ4v) is 1.92. The molecule has 1 heterocycles. The summed E-state index contributed by atoms with van der Waals surface area (Å²) in [7, 11) is 1.37. The number of nitrogens with zero attached hydrogens (tertiary/aromatic N) is 1. The first-order chi connectivity index (χ1) is 9.52. The maximum absolute atomic E-state index is 13.1. The van der Waals surface area contributed by atoms with Crippen molar-refractivity contribution >= 4 is 5.78 Å². The number of pyridine rings is 1. The number of Topliss-reactive ketones (excluding diaryl/α,β-unsaturated/α-hetero) is 1. The number of carbonyl (C=O) groups excluding carboxylic acids is 1. The van der Waals surface area contributed by atoms with E-state index in [1.165, 1.54) is 23.8 Å². The summed E-state index contributed by atoms with van der Waals surface area (Å²) >= 11 is 0. The molecule has 0 aliphatic carbocycles. The van der Waals surface area contributed by atoms with Crippen LogP contribution in [0.5, 0.6) is 5.75 Å². The molecular formula is C15H14FNO3. The summed E-state index contributed by atoms with van der Waals surface area (Å²) in [4.78, 5) is 24.1.